The number of anilines is 3. The topological polar surface area (TPSA) is 138 Å². The number of rotatable bonds is 7. The second-order valence-electron chi connectivity index (χ2n) is 7.58. The van der Waals surface area contributed by atoms with E-state index in [2.05, 4.69) is 30.5 Å². The second kappa shape index (κ2) is 8.86. The number of aromatic nitrogens is 3. The summed E-state index contributed by atoms with van der Waals surface area (Å²) in [5.41, 5.74) is 0.646. The molecule has 10 nitrogen and oxygen atoms in total. The van der Waals surface area contributed by atoms with Gasteiger partial charge in [0.15, 0.2) is 5.82 Å². The number of nitrogens with zero attached hydrogens (tertiary/aromatic N) is 2. The highest BCUT2D eigenvalue weighted by molar-refractivity contribution is 7.92. The molecular formula is C18H25FN6O4S. The maximum atomic E-state index is 14.0. The molecule has 1 amide bonds. The van der Waals surface area contributed by atoms with Crippen LogP contribution in [0.5, 0.6) is 0 Å². The molecule has 2 aromatic rings. The van der Waals surface area contributed by atoms with Crippen LogP contribution in [0, 0.1) is 5.95 Å². The summed E-state index contributed by atoms with van der Waals surface area (Å²) in [7, 11) is -3.60. The molecule has 2 unspecified atom stereocenters. The normalized spacial score (nSPS) is 19.0. The maximum Gasteiger partial charge on any atom is 0.407 e. The predicted molar refractivity (Wildman–Crippen MR) is 110 cm³/mol. The molecule has 2 aromatic heterocycles. The van der Waals surface area contributed by atoms with Crippen LogP contribution in [-0.2, 0) is 14.8 Å². The van der Waals surface area contributed by atoms with Gasteiger partial charge in [-0.25, -0.2) is 18.2 Å². The van der Waals surface area contributed by atoms with Crippen molar-refractivity contribution in [3.8, 4) is 0 Å². The lowest BCUT2D eigenvalue weighted by atomic mass is 10.0. The van der Waals surface area contributed by atoms with Gasteiger partial charge in [-0.3, -0.25) is 9.82 Å². The molecule has 12 heteroatoms. The van der Waals surface area contributed by atoms with E-state index in [1.165, 1.54) is 12.1 Å². The van der Waals surface area contributed by atoms with Crippen molar-refractivity contribution in [2.75, 3.05) is 16.3 Å². The van der Waals surface area contributed by atoms with E-state index in [1.54, 1.807) is 6.07 Å². The lowest BCUT2D eigenvalue weighted by Crippen LogP contribution is -2.33. The zero-order valence-electron chi connectivity index (χ0n) is 16.9. The molecule has 1 aliphatic carbocycles. The highest BCUT2D eigenvalue weighted by Crippen LogP contribution is 2.36. The van der Waals surface area contributed by atoms with Crippen molar-refractivity contribution < 1.29 is 22.3 Å². The van der Waals surface area contributed by atoms with Gasteiger partial charge in [0.1, 0.15) is 17.6 Å². The van der Waals surface area contributed by atoms with Crippen LogP contribution >= 0.6 is 0 Å². The summed E-state index contributed by atoms with van der Waals surface area (Å²) in [6, 6.07) is 4.53. The highest BCUT2D eigenvalue weighted by Gasteiger charge is 2.30. The minimum atomic E-state index is -3.60. The Kier molecular flexibility index (Phi) is 6.44. The second-order valence-corrected chi connectivity index (χ2v) is 9.33. The molecule has 1 fully saturated rings. The summed E-state index contributed by atoms with van der Waals surface area (Å²) >= 11 is 0. The van der Waals surface area contributed by atoms with Gasteiger partial charge in [-0.05, 0) is 45.2 Å². The average Bonchev–Trinajstić information content (AvgIpc) is 3.25. The number of pyridine rings is 1. The fraction of sp³-hybridized carbons (Fsp3) is 0.500. The fourth-order valence-corrected chi connectivity index (χ4v) is 3.82. The Bertz CT molecular complexity index is 1010. The molecule has 0 aromatic carbocycles. The summed E-state index contributed by atoms with van der Waals surface area (Å²) in [5, 5.41) is 12.7. The zero-order valence-corrected chi connectivity index (χ0v) is 17.7. The Morgan fingerprint density at radius 1 is 1.30 bits per heavy atom. The summed E-state index contributed by atoms with van der Waals surface area (Å²) in [6.07, 6.45) is 2.66. The first-order valence-corrected chi connectivity index (χ1v) is 11.4. The molecule has 0 spiro atoms. The molecule has 0 bridgehead atoms. The van der Waals surface area contributed by atoms with Crippen molar-refractivity contribution in [3.05, 3.63) is 29.8 Å². The lowest BCUT2D eigenvalue weighted by Gasteiger charge is -2.14. The number of ether oxygens (including phenoxy) is 1. The molecule has 1 saturated carbocycles. The van der Waals surface area contributed by atoms with Gasteiger partial charge in [-0.15, -0.1) is 0 Å². The number of hydrogen-bond acceptors (Lipinski definition) is 7. The van der Waals surface area contributed by atoms with E-state index in [4.69, 9.17) is 4.74 Å². The minimum absolute atomic E-state index is 0.0191. The van der Waals surface area contributed by atoms with Crippen molar-refractivity contribution in [3.63, 3.8) is 0 Å². The van der Waals surface area contributed by atoms with E-state index in [1.807, 2.05) is 13.8 Å². The third kappa shape index (κ3) is 6.05. The van der Waals surface area contributed by atoms with Crippen LogP contribution in [0.25, 0.3) is 0 Å². The van der Waals surface area contributed by atoms with Crippen molar-refractivity contribution in [1.82, 2.24) is 20.5 Å². The van der Waals surface area contributed by atoms with Crippen molar-refractivity contribution in [1.29, 1.82) is 0 Å². The number of sulfonamides is 1. The number of nitrogens with one attached hydrogen (secondary N) is 4. The quantitative estimate of drug-likeness (QED) is 0.486. The van der Waals surface area contributed by atoms with Crippen LogP contribution in [0.1, 0.15) is 44.7 Å². The van der Waals surface area contributed by atoms with Crippen LogP contribution in [0.3, 0.4) is 0 Å². The van der Waals surface area contributed by atoms with Gasteiger partial charge in [0, 0.05) is 23.7 Å². The molecule has 30 heavy (non-hydrogen) atoms. The van der Waals surface area contributed by atoms with Crippen molar-refractivity contribution in [2.24, 2.45) is 0 Å². The number of H-pyrrole nitrogens is 1. The number of amides is 1. The number of hydrogen-bond donors (Lipinski definition) is 4. The number of halogens is 1. The zero-order chi connectivity index (χ0) is 21.9. The number of carbonyl (C=O) groups excluding carboxylic acids is 1. The summed E-state index contributed by atoms with van der Waals surface area (Å²) in [4.78, 5) is 15.5. The largest absolute Gasteiger partial charge is 0.446 e. The van der Waals surface area contributed by atoms with Crippen LogP contribution in [0.4, 0.5) is 26.5 Å². The first kappa shape index (κ1) is 21.8. The fourth-order valence-electron chi connectivity index (χ4n) is 3.27. The number of alkyl carbamates (subject to hydrolysis) is 1. The van der Waals surface area contributed by atoms with Gasteiger partial charge in [0.25, 0.3) is 0 Å². The summed E-state index contributed by atoms with van der Waals surface area (Å²) < 4.78 is 43.9. The van der Waals surface area contributed by atoms with Crippen LogP contribution < -0.4 is 15.4 Å². The molecule has 0 saturated heterocycles. The Hall–Kier alpha value is -2.89. The number of carbonyl (C=O) groups is 1. The van der Waals surface area contributed by atoms with Gasteiger partial charge < -0.3 is 15.4 Å². The third-order valence-electron chi connectivity index (χ3n) is 4.50. The Morgan fingerprint density at radius 3 is 2.73 bits per heavy atom. The average molecular weight is 441 g/mol. The van der Waals surface area contributed by atoms with E-state index in [-0.39, 0.29) is 29.6 Å². The molecule has 4 N–H and O–H groups in total. The van der Waals surface area contributed by atoms with E-state index in [0.717, 1.165) is 24.8 Å². The van der Waals surface area contributed by atoms with Crippen LogP contribution in [0.2, 0.25) is 0 Å². The molecule has 0 aliphatic heterocycles. The molecule has 2 heterocycles. The first-order valence-electron chi connectivity index (χ1n) is 9.53. The number of aromatic amines is 1. The van der Waals surface area contributed by atoms with E-state index >= 15 is 0 Å². The van der Waals surface area contributed by atoms with Gasteiger partial charge in [-0.1, -0.05) is 0 Å². The maximum absolute atomic E-state index is 14.0. The Labute approximate surface area is 174 Å². The van der Waals surface area contributed by atoms with Crippen molar-refractivity contribution in [2.45, 2.75) is 51.2 Å². The lowest BCUT2D eigenvalue weighted by molar-refractivity contribution is 0.0981. The molecule has 164 valence electrons. The molecule has 3 rings (SSSR count). The monoisotopic (exact) mass is 440 g/mol. The Morgan fingerprint density at radius 2 is 2.07 bits per heavy atom. The van der Waals surface area contributed by atoms with E-state index in [9.17, 15) is 17.6 Å². The van der Waals surface area contributed by atoms with Gasteiger partial charge >= 0.3 is 6.09 Å². The molecule has 0 radical (unpaired) electrons. The minimum Gasteiger partial charge on any atom is -0.446 e. The molecule has 1 aliphatic rings. The Balaban J connectivity index is 1.58. The highest BCUT2D eigenvalue weighted by atomic mass is 32.2. The summed E-state index contributed by atoms with van der Waals surface area (Å²) in [6.45, 7) is 3.74. The van der Waals surface area contributed by atoms with E-state index in [0.29, 0.717) is 12.2 Å². The molecular weight excluding hydrogens is 415 g/mol. The van der Waals surface area contributed by atoms with Gasteiger partial charge in [0.05, 0.1) is 6.26 Å². The standard InChI is InChI=1S/C18H25FN6O4S/c1-10(2)20-18(26)29-12-5-4-11(8-12)14-9-16(24-23-14)21-15-7-6-13(17(19)22-15)25-30(3,27)28/h6-7,9-12,25H,4-5,8H2,1-3H3,(H,20,26)(H2,21,22,23,24). The van der Waals surface area contributed by atoms with E-state index < -0.39 is 22.1 Å². The van der Waals surface area contributed by atoms with Crippen LogP contribution in [-0.4, -0.2) is 48.1 Å². The third-order valence-corrected chi connectivity index (χ3v) is 5.09. The molecule has 2 atom stereocenters. The van der Waals surface area contributed by atoms with Gasteiger partial charge in [0.2, 0.25) is 16.0 Å². The summed E-state index contributed by atoms with van der Waals surface area (Å²) in [5.74, 6) is -0.155. The smallest absolute Gasteiger partial charge is 0.407 e. The van der Waals surface area contributed by atoms with Crippen molar-refractivity contribution >= 4 is 33.4 Å². The first-order chi connectivity index (χ1) is 14.1. The van der Waals surface area contributed by atoms with Gasteiger partial charge in [-0.2, -0.15) is 9.49 Å². The SMILES string of the molecule is CC(C)NC(=O)OC1CCC(c2cc(Nc3ccc(NS(C)(=O)=O)c(F)n3)n[nH]2)C1. The van der Waals surface area contributed by atoms with Crippen LogP contribution in [0.15, 0.2) is 18.2 Å². The predicted octanol–water partition coefficient (Wildman–Crippen LogP) is 2.83.